The van der Waals surface area contributed by atoms with Crippen LogP contribution in [0.4, 0.5) is 22.4 Å². The zero-order chi connectivity index (χ0) is 42.6. The van der Waals surface area contributed by atoms with E-state index in [0.717, 1.165) is 4.90 Å². The van der Waals surface area contributed by atoms with E-state index in [-0.39, 0.29) is 42.3 Å². The monoisotopic (exact) mass is 839 g/mol. The molecule has 2 aliphatic carbocycles. The maximum atomic E-state index is 14.7. The van der Waals surface area contributed by atoms with Crippen LogP contribution in [-0.4, -0.2) is 96.0 Å². The number of halogens is 4. The Balaban J connectivity index is 1.36. The van der Waals surface area contributed by atoms with E-state index in [0.29, 0.717) is 51.3 Å². The lowest BCUT2D eigenvalue weighted by atomic mass is 9.88. The summed E-state index contributed by atoms with van der Waals surface area (Å²) in [5.74, 6) is -4.44. The molecule has 1 aromatic carbocycles. The number of nitrogens with one attached hydrogen (secondary N) is 3. The van der Waals surface area contributed by atoms with Crippen molar-refractivity contribution in [2.75, 3.05) is 13.7 Å². The summed E-state index contributed by atoms with van der Waals surface area (Å²) in [5, 5.41) is 5.78. The summed E-state index contributed by atoms with van der Waals surface area (Å²) in [5.41, 5.74) is -4.60. The summed E-state index contributed by atoms with van der Waals surface area (Å²) in [6, 6.07) is 1.07. The number of benzene rings is 1. The van der Waals surface area contributed by atoms with Crippen LogP contribution in [0.15, 0.2) is 36.5 Å². The van der Waals surface area contributed by atoms with Gasteiger partial charge in [-0.05, 0) is 83.3 Å². The number of alkyl carbamates (subject to hydrolysis) is 1. The Hall–Kier alpha value is -4.68. The van der Waals surface area contributed by atoms with E-state index in [4.69, 9.17) is 14.2 Å². The third-order valence-electron chi connectivity index (χ3n) is 11.8. The Labute approximate surface area is 333 Å². The number of alkyl halides is 3. The van der Waals surface area contributed by atoms with Crippen molar-refractivity contribution in [1.82, 2.24) is 25.2 Å². The van der Waals surface area contributed by atoms with E-state index >= 15 is 0 Å². The van der Waals surface area contributed by atoms with Gasteiger partial charge in [-0.25, -0.2) is 22.6 Å². The van der Waals surface area contributed by atoms with Crippen molar-refractivity contribution >= 4 is 44.6 Å². The molecule has 58 heavy (non-hydrogen) atoms. The van der Waals surface area contributed by atoms with Crippen LogP contribution in [0.2, 0.25) is 0 Å². The lowest BCUT2D eigenvalue weighted by molar-refractivity contribution is -0.244. The Morgan fingerprint density at radius 2 is 1.79 bits per heavy atom. The molecule has 4 aliphatic rings. The molecule has 3 fully saturated rings. The molecule has 0 bridgehead atoms. The van der Waals surface area contributed by atoms with E-state index in [1.54, 1.807) is 19.1 Å². The molecular weight excluding hydrogens is 791 g/mol. The molecule has 3 N–H and O–H groups in total. The van der Waals surface area contributed by atoms with E-state index in [9.17, 15) is 45.2 Å². The van der Waals surface area contributed by atoms with Gasteiger partial charge in [0.1, 0.15) is 35.3 Å². The smallest absolute Gasteiger partial charge is 0.427 e. The predicted octanol–water partition coefficient (Wildman–Crippen LogP) is 5.05. The number of aromatic nitrogens is 1. The molecular formula is C39H49F4N5O9S. The number of ether oxygens (including phenoxy) is 3. The van der Waals surface area contributed by atoms with Crippen molar-refractivity contribution in [3.63, 3.8) is 0 Å². The highest BCUT2D eigenvalue weighted by molar-refractivity contribution is 7.91. The molecule has 7 atom stereocenters. The van der Waals surface area contributed by atoms with Gasteiger partial charge in [0.25, 0.3) is 5.91 Å². The second-order valence-electron chi connectivity index (χ2n) is 16.8. The molecule has 19 heteroatoms. The highest BCUT2D eigenvalue weighted by Gasteiger charge is 2.63. The van der Waals surface area contributed by atoms with Gasteiger partial charge >= 0.3 is 12.3 Å². The minimum Gasteiger partial charge on any atom is -0.496 e. The van der Waals surface area contributed by atoms with Crippen molar-refractivity contribution in [2.45, 2.75) is 120 Å². The van der Waals surface area contributed by atoms with Gasteiger partial charge in [-0.1, -0.05) is 26.0 Å². The molecule has 0 spiro atoms. The van der Waals surface area contributed by atoms with Crippen LogP contribution >= 0.6 is 0 Å². The highest BCUT2D eigenvalue weighted by atomic mass is 32.2. The Kier molecular flexibility index (Phi) is 11.5. The van der Waals surface area contributed by atoms with E-state index in [1.807, 2.05) is 13.0 Å². The lowest BCUT2D eigenvalue weighted by Gasteiger charge is -2.34. The minimum absolute atomic E-state index is 0.0484. The number of methoxy groups -OCH3 is 1. The molecule has 0 radical (unpaired) electrons. The van der Waals surface area contributed by atoms with E-state index < -0.39 is 91.7 Å². The molecule has 6 rings (SSSR count). The quantitative estimate of drug-likeness (QED) is 0.240. The standard InChI is InChI=1S/C39H49F4N5O9S/c1-21-9-7-8-10-23-19-38(23,34(51)47-58(53,54)37(5)12-13-37)46-31(49)28-18-25(56-32-27-16-24(40)17-29(55-6)26(27)11-14-44-32)20-48(28)33(50)30(22(2)15-21)45-35(52)57-36(3,4)39(41,42)43/h8,10-11,14,16-17,21-23,25,28,30H,7,9,12-13,15,18-20H2,1-6H3,(H,45,52)(H,46,49)(H,47,51)/b10-8-/t21-,22+,23?,25+,28-,30-,38+/m0/s1. The first kappa shape index (κ1) is 42.9. The topological polar surface area (TPSA) is 182 Å². The van der Waals surface area contributed by atoms with Gasteiger partial charge in [-0.15, -0.1) is 0 Å². The van der Waals surface area contributed by atoms with Gasteiger partial charge in [0.05, 0.1) is 23.8 Å². The Morgan fingerprint density at radius 3 is 2.45 bits per heavy atom. The van der Waals surface area contributed by atoms with E-state index in [1.165, 1.54) is 32.4 Å². The number of carbonyl (C=O) groups excluding carboxylic acids is 4. The van der Waals surface area contributed by atoms with Crippen molar-refractivity contribution < 1.29 is 59.4 Å². The van der Waals surface area contributed by atoms with Crippen LogP contribution in [-0.2, 0) is 29.1 Å². The zero-order valence-electron chi connectivity index (χ0n) is 33.1. The van der Waals surface area contributed by atoms with E-state index in [2.05, 4.69) is 20.3 Å². The fourth-order valence-corrected chi connectivity index (χ4v) is 8.97. The summed E-state index contributed by atoms with van der Waals surface area (Å²) < 4.78 is 99.6. The third kappa shape index (κ3) is 8.54. The van der Waals surface area contributed by atoms with Crippen molar-refractivity contribution in [3.05, 3.63) is 42.4 Å². The minimum atomic E-state index is -4.94. The molecule has 318 valence electrons. The molecule has 2 saturated carbocycles. The number of pyridine rings is 1. The first-order valence-corrected chi connectivity index (χ1v) is 20.7. The summed E-state index contributed by atoms with van der Waals surface area (Å²) in [6.45, 7) is 6.11. The summed E-state index contributed by atoms with van der Waals surface area (Å²) in [7, 11) is -2.74. The molecule has 4 amide bonds. The molecule has 3 heterocycles. The maximum absolute atomic E-state index is 14.7. The summed E-state index contributed by atoms with van der Waals surface area (Å²) in [6.07, 6.45) is -0.429. The van der Waals surface area contributed by atoms with Gasteiger partial charge in [-0.2, -0.15) is 13.2 Å². The number of fused-ring (bicyclic) bond motifs is 3. The molecule has 14 nitrogen and oxygen atoms in total. The third-order valence-corrected chi connectivity index (χ3v) is 14.0. The number of nitrogens with zero attached hydrogens (tertiary/aromatic N) is 2. The fourth-order valence-electron chi connectivity index (χ4n) is 7.65. The van der Waals surface area contributed by atoms with Gasteiger partial charge in [0.15, 0.2) is 0 Å². The Morgan fingerprint density at radius 1 is 1.09 bits per heavy atom. The first-order valence-electron chi connectivity index (χ1n) is 19.2. The molecule has 1 aromatic heterocycles. The van der Waals surface area contributed by atoms with Crippen LogP contribution < -0.4 is 24.8 Å². The SMILES string of the molecule is COc1cc(F)cc2c(O[C@@H]3C[C@H]4C(=O)N[C@]5(C(=O)NS(=O)(=O)C6(C)CC6)CC5/C=C\CC[C@H](C)C[C@@H](C)[C@H](NC(=O)OC(C)(C)C(F)(F)F)C(=O)N4C3)nccc12. The lowest BCUT2D eigenvalue weighted by Crippen LogP contribution is -2.59. The number of carbonyl (C=O) groups is 4. The fraction of sp³-hybridized carbons (Fsp3) is 0.615. The van der Waals surface area contributed by atoms with Crippen molar-refractivity contribution in [2.24, 2.45) is 17.8 Å². The van der Waals surface area contributed by atoms with Crippen molar-refractivity contribution in [1.29, 1.82) is 0 Å². The number of allylic oxidation sites excluding steroid dienone is 1. The van der Waals surface area contributed by atoms with Crippen LogP contribution in [0.3, 0.4) is 0 Å². The normalized spacial score (nSPS) is 29.4. The first-order chi connectivity index (χ1) is 27.0. The summed E-state index contributed by atoms with van der Waals surface area (Å²) >= 11 is 0. The number of sulfonamides is 1. The number of hydrogen-bond donors (Lipinski definition) is 3. The molecule has 2 aromatic rings. The predicted molar refractivity (Wildman–Crippen MR) is 201 cm³/mol. The van der Waals surface area contributed by atoms with Crippen LogP contribution in [0.1, 0.15) is 79.6 Å². The second kappa shape index (κ2) is 15.5. The van der Waals surface area contributed by atoms with Crippen LogP contribution in [0.25, 0.3) is 10.8 Å². The van der Waals surface area contributed by atoms with Crippen LogP contribution in [0, 0.1) is 23.6 Å². The van der Waals surface area contributed by atoms with Gasteiger partial charge < -0.3 is 29.7 Å². The van der Waals surface area contributed by atoms with Gasteiger partial charge in [0, 0.05) is 30.0 Å². The molecule has 1 saturated heterocycles. The highest BCUT2D eigenvalue weighted by Crippen LogP contribution is 2.48. The van der Waals surface area contributed by atoms with Gasteiger partial charge in [-0.3, -0.25) is 19.1 Å². The Bertz CT molecular complexity index is 2110. The second-order valence-corrected chi connectivity index (χ2v) is 19.0. The number of hydrogen-bond acceptors (Lipinski definition) is 10. The largest absolute Gasteiger partial charge is 0.496 e. The average molecular weight is 840 g/mol. The van der Waals surface area contributed by atoms with Crippen LogP contribution in [0.5, 0.6) is 11.6 Å². The summed E-state index contributed by atoms with van der Waals surface area (Å²) in [4.78, 5) is 61.6. The number of rotatable bonds is 8. The zero-order valence-corrected chi connectivity index (χ0v) is 33.9. The number of amides is 4. The maximum Gasteiger partial charge on any atom is 0.427 e. The molecule has 2 aliphatic heterocycles. The van der Waals surface area contributed by atoms with Crippen molar-refractivity contribution in [3.8, 4) is 11.6 Å². The molecule has 1 unspecified atom stereocenters. The van der Waals surface area contributed by atoms with Gasteiger partial charge in [0.2, 0.25) is 33.3 Å². The average Bonchev–Trinajstić information content (AvgIpc) is 4.01.